The third-order valence-electron chi connectivity index (χ3n) is 2.71. The van der Waals surface area contributed by atoms with E-state index in [0.717, 1.165) is 12.8 Å². The Morgan fingerprint density at radius 1 is 1.35 bits per heavy atom. The summed E-state index contributed by atoms with van der Waals surface area (Å²) >= 11 is 0. The zero-order chi connectivity index (χ0) is 15.1. The molecule has 0 spiro atoms. The van der Waals surface area contributed by atoms with Gasteiger partial charge in [-0.05, 0) is 19.3 Å². The van der Waals surface area contributed by atoms with Crippen molar-refractivity contribution in [3.63, 3.8) is 0 Å². The van der Waals surface area contributed by atoms with Crippen LogP contribution in [-0.4, -0.2) is 28.5 Å². The Morgan fingerprint density at radius 3 is 2.65 bits per heavy atom. The predicted octanol–water partition coefficient (Wildman–Crippen LogP) is 1.58. The van der Waals surface area contributed by atoms with Crippen molar-refractivity contribution < 1.29 is 4.79 Å². The van der Waals surface area contributed by atoms with Gasteiger partial charge in [-0.3, -0.25) is 4.79 Å². The van der Waals surface area contributed by atoms with Crippen LogP contribution >= 0.6 is 0 Å². The van der Waals surface area contributed by atoms with Crippen molar-refractivity contribution in [1.82, 2.24) is 15.3 Å². The number of rotatable bonds is 7. The molecule has 0 aromatic carbocycles. The Morgan fingerprint density at radius 2 is 2.05 bits per heavy atom. The van der Waals surface area contributed by atoms with E-state index in [4.69, 9.17) is 5.73 Å². The van der Waals surface area contributed by atoms with Crippen LogP contribution in [0.5, 0.6) is 0 Å². The van der Waals surface area contributed by atoms with Gasteiger partial charge in [0.2, 0.25) is 5.91 Å². The van der Waals surface area contributed by atoms with Crippen LogP contribution < -0.4 is 16.4 Å². The Labute approximate surface area is 120 Å². The number of nitrogens with one attached hydrogen (secondary N) is 2. The fourth-order valence-electron chi connectivity index (χ4n) is 1.67. The van der Waals surface area contributed by atoms with Crippen LogP contribution in [0.3, 0.4) is 0 Å². The SMILES string of the molecule is CCCc1nc(N)cc(NC(C)C(=O)NCC(C)C)n1. The summed E-state index contributed by atoms with van der Waals surface area (Å²) in [7, 11) is 0. The quantitative estimate of drug-likeness (QED) is 0.704. The van der Waals surface area contributed by atoms with Crippen molar-refractivity contribution in [3.05, 3.63) is 11.9 Å². The lowest BCUT2D eigenvalue weighted by Crippen LogP contribution is -2.39. The molecule has 1 amide bonds. The molecule has 0 saturated carbocycles. The summed E-state index contributed by atoms with van der Waals surface area (Å²) in [5, 5.41) is 5.94. The number of amides is 1. The lowest BCUT2D eigenvalue weighted by Gasteiger charge is -2.16. The Hall–Kier alpha value is -1.85. The standard InChI is InChI=1S/C14H25N5O/c1-5-6-12-18-11(15)7-13(19-12)17-10(4)14(20)16-8-9(2)3/h7,9-10H,5-6,8H2,1-4H3,(H,16,20)(H3,15,17,18,19). The molecular weight excluding hydrogens is 254 g/mol. The molecule has 4 N–H and O–H groups in total. The summed E-state index contributed by atoms with van der Waals surface area (Å²) in [6.07, 6.45) is 1.72. The Bertz CT molecular complexity index is 447. The number of nitrogens with two attached hydrogens (primary N) is 1. The molecule has 1 heterocycles. The third-order valence-corrected chi connectivity index (χ3v) is 2.71. The molecule has 0 saturated heterocycles. The van der Waals surface area contributed by atoms with E-state index >= 15 is 0 Å². The van der Waals surface area contributed by atoms with Gasteiger partial charge < -0.3 is 16.4 Å². The molecule has 1 rings (SSSR count). The number of nitrogen functional groups attached to an aromatic ring is 1. The van der Waals surface area contributed by atoms with Crippen LogP contribution in [0.4, 0.5) is 11.6 Å². The van der Waals surface area contributed by atoms with Gasteiger partial charge in [-0.15, -0.1) is 0 Å². The molecule has 0 aliphatic heterocycles. The lowest BCUT2D eigenvalue weighted by molar-refractivity contribution is -0.121. The predicted molar refractivity (Wildman–Crippen MR) is 81.4 cm³/mol. The first-order valence-electron chi connectivity index (χ1n) is 7.10. The van der Waals surface area contributed by atoms with Crippen molar-refractivity contribution in [2.45, 2.75) is 46.6 Å². The summed E-state index contributed by atoms with van der Waals surface area (Å²) in [4.78, 5) is 20.4. The molecule has 0 aliphatic carbocycles. The second kappa shape index (κ2) is 7.67. The zero-order valence-corrected chi connectivity index (χ0v) is 12.7. The zero-order valence-electron chi connectivity index (χ0n) is 12.7. The molecular formula is C14H25N5O. The molecule has 1 aromatic heterocycles. The number of anilines is 2. The van der Waals surface area contributed by atoms with Crippen LogP contribution in [0, 0.1) is 5.92 Å². The molecule has 0 radical (unpaired) electrons. The van der Waals surface area contributed by atoms with Crippen molar-refractivity contribution >= 4 is 17.5 Å². The maximum Gasteiger partial charge on any atom is 0.242 e. The van der Waals surface area contributed by atoms with Crippen LogP contribution in [0.1, 0.15) is 39.9 Å². The molecule has 20 heavy (non-hydrogen) atoms. The minimum Gasteiger partial charge on any atom is -0.384 e. The number of nitrogens with zero attached hydrogens (tertiary/aromatic N) is 2. The van der Waals surface area contributed by atoms with Crippen LogP contribution in [0.25, 0.3) is 0 Å². The van der Waals surface area contributed by atoms with Gasteiger partial charge in [0.1, 0.15) is 23.5 Å². The number of aromatic nitrogens is 2. The highest BCUT2D eigenvalue weighted by Gasteiger charge is 2.14. The number of hydrogen-bond acceptors (Lipinski definition) is 5. The minimum atomic E-state index is -0.363. The van der Waals surface area contributed by atoms with Crippen LogP contribution in [0.15, 0.2) is 6.07 Å². The van der Waals surface area contributed by atoms with Gasteiger partial charge >= 0.3 is 0 Å². The average molecular weight is 279 g/mol. The lowest BCUT2D eigenvalue weighted by atomic mass is 10.2. The van der Waals surface area contributed by atoms with Gasteiger partial charge in [-0.1, -0.05) is 20.8 Å². The second-order valence-corrected chi connectivity index (χ2v) is 5.35. The summed E-state index contributed by atoms with van der Waals surface area (Å²) in [6, 6.07) is 1.28. The molecule has 6 heteroatoms. The average Bonchev–Trinajstić information content (AvgIpc) is 2.35. The molecule has 0 fully saturated rings. The van der Waals surface area contributed by atoms with Gasteiger partial charge in [0.05, 0.1) is 0 Å². The van der Waals surface area contributed by atoms with Gasteiger partial charge in [-0.2, -0.15) is 0 Å². The van der Waals surface area contributed by atoms with E-state index < -0.39 is 0 Å². The molecule has 112 valence electrons. The summed E-state index contributed by atoms with van der Waals surface area (Å²) < 4.78 is 0. The normalized spacial score (nSPS) is 12.2. The van der Waals surface area contributed by atoms with E-state index in [9.17, 15) is 4.79 Å². The summed E-state index contributed by atoms with van der Waals surface area (Å²) in [5.41, 5.74) is 5.75. The first kappa shape index (κ1) is 16.2. The number of aryl methyl sites for hydroxylation is 1. The highest BCUT2D eigenvalue weighted by Crippen LogP contribution is 2.11. The minimum absolute atomic E-state index is 0.0482. The van der Waals surface area contributed by atoms with Crippen LogP contribution in [0.2, 0.25) is 0 Å². The van der Waals surface area contributed by atoms with E-state index in [0.29, 0.717) is 29.9 Å². The van der Waals surface area contributed by atoms with E-state index in [2.05, 4.69) is 41.4 Å². The molecule has 6 nitrogen and oxygen atoms in total. The number of carbonyl (C=O) groups excluding carboxylic acids is 1. The van der Waals surface area contributed by atoms with Gasteiger partial charge in [0, 0.05) is 19.0 Å². The highest BCUT2D eigenvalue weighted by atomic mass is 16.2. The van der Waals surface area contributed by atoms with Crippen LogP contribution in [-0.2, 0) is 11.2 Å². The largest absolute Gasteiger partial charge is 0.384 e. The van der Waals surface area contributed by atoms with E-state index in [-0.39, 0.29) is 11.9 Å². The molecule has 0 bridgehead atoms. The fraction of sp³-hybridized carbons (Fsp3) is 0.643. The summed E-state index contributed by atoms with van der Waals surface area (Å²) in [5.74, 6) is 2.09. The number of hydrogen-bond donors (Lipinski definition) is 3. The van der Waals surface area contributed by atoms with E-state index in [1.807, 2.05) is 0 Å². The van der Waals surface area contributed by atoms with Crippen molar-refractivity contribution in [1.29, 1.82) is 0 Å². The van der Waals surface area contributed by atoms with E-state index in [1.54, 1.807) is 13.0 Å². The highest BCUT2D eigenvalue weighted by molar-refractivity contribution is 5.83. The van der Waals surface area contributed by atoms with Crippen molar-refractivity contribution in [2.24, 2.45) is 5.92 Å². The maximum atomic E-state index is 11.9. The fourth-order valence-corrected chi connectivity index (χ4v) is 1.67. The molecule has 1 unspecified atom stereocenters. The smallest absolute Gasteiger partial charge is 0.242 e. The third kappa shape index (κ3) is 5.42. The Balaban J connectivity index is 2.65. The molecule has 1 aromatic rings. The number of carbonyl (C=O) groups is 1. The maximum absolute atomic E-state index is 11.9. The van der Waals surface area contributed by atoms with Crippen molar-refractivity contribution in [3.8, 4) is 0 Å². The molecule has 1 atom stereocenters. The molecule has 0 aliphatic rings. The first-order valence-corrected chi connectivity index (χ1v) is 7.10. The van der Waals surface area contributed by atoms with Gasteiger partial charge in [-0.25, -0.2) is 9.97 Å². The second-order valence-electron chi connectivity index (χ2n) is 5.35. The first-order chi connectivity index (χ1) is 9.42. The topological polar surface area (TPSA) is 92.9 Å². The van der Waals surface area contributed by atoms with Gasteiger partial charge in [0.15, 0.2) is 0 Å². The summed E-state index contributed by atoms with van der Waals surface area (Å²) in [6.45, 7) is 8.63. The van der Waals surface area contributed by atoms with Crippen molar-refractivity contribution in [2.75, 3.05) is 17.6 Å². The monoisotopic (exact) mass is 279 g/mol. The van der Waals surface area contributed by atoms with E-state index in [1.165, 1.54) is 0 Å². The Kier molecular flexibility index (Phi) is 6.21. The van der Waals surface area contributed by atoms with Gasteiger partial charge in [0.25, 0.3) is 0 Å².